The van der Waals surface area contributed by atoms with Gasteiger partial charge in [0.15, 0.2) is 0 Å². The largest absolute Gasteiger partial charge is 0.370 e. The van der Waals surface area contributed by atoms with Crippen LogP contribution in [0.3, 0.4) is 0 Å². The molecular formula is C8H13N3. The van der Waals surface area contributed by atoms with E-state index in [4.69, 9.17) is 0 Å². The summed E-state index contributed by atoms with van der Waals surface area (Å²) in [5.41, 5.74) is 1.25. The van der Waals surface area contributed by atoms with E-state index in [2.05, 4.69) is 28.9 Å². The van der Waals surface area contributed by atoms with E-state index in [-0.39, 0.29) is 0 Å². The molecule has 2 heterocycles. The van der Waals surface area contributed by atoms with Gasteiger partial charge in [-0.3, -0.25) is 0 Å². The molecule has 11 heavy (non-hydrogen) atoms. The monoisotopic (exact) mass is 151 g/mol. The summed E-state index contributed by atoms with van der Waals surface area (Å²) < 4.78 is 2.07. The van der Waals surface area contributed by atoms with Gasteiger partial charge in [0.1, 0.15) is 5.82 Å². The number of nitrogens with zero attached hydrogens (tertiary/aromatic N) is 2. The molecular weight excluding hydrogens is 138 g/mol. The maximum Gasteiger partial charge on any atom is 0.127 e. The van der Waals surface area contributed by atoms with Crippen LogP contribution in [0.25, 0.3) is 0 Å². The average molecular weight is 151 g/mol. The van der Waals surface area contributed by atoms with Gasteiger partial charge >= 0.3 is 0 Å². The molecule has 1 aromatic heterocycles. The Hall–Kier alpha value is -0.990. The molecule has 0 aromatic carbocycles. The highest BCUT2D eigenvalue weighted by atomic mass is 15.4. The summed E-state index contributed by atoms with van der Waals surface area (Å²) in [6, 6.07) is 0.556. The van der Waals surface area contributed by atoms with Gasteiger partial charge in [0.2, 0.25) is 0 Å². The Morgan fingerprint density at radius 3 is 3.27 bits per heavy atom. The fraction of sp³-hybridized carbons (Fsp3) is 0.625. The van der Waals surface area contributed by atoms with E-state index in [0.717, 1.165) is 6.54 Å². The van der Waals surface area contributed by atoms with Crippen LogP contribution in [0.5, 0.6) is 0 Å². The lowest BCUT2D eigenvalue weighted by atomic mass is 10.2. The number of hydrogen-bond donors (Lipinski definition) is 1. The van der Waals surface area contributed by atoms with Crippen molar-refractivity contribution in [1.29, 1.82) is 0 Å². The Balaban J connectivity index is 2.46. The van der Waals surface area contributed by atoms with Crippen molar-refractivity contribution < 1.29 is 0 Å². The van der Waals surface area contributed by atoms with Crippen LogP contribution in [0.15, 0.2) is 6.20 Å². The smallest absolute Gasteiger partial charge is 0.127 e. The summed E-state index contributed by atoms with van der Waals surface area (Å²) in [6.07, 6.45) is 3.10. The minimum atomic E-state index is 0.556. The number of aromatic nitrogens is 2. The second-order valence-electron chi connectivity index (χ2n) is 3.19. The highest BCUT2D eigenvalue weighted by molar-refractivity contribution is 5.44. The standard InChI is InChI=1S/C8H13N3/c1-6-5-10-11-7(2)3-4-9-8(6)11/h5,7,9H,3-4H2,1-2H3. The van der Waals surface area contributed by atoms with Crippen LogP contribution >= 0.6 is 0 Å². The predicted octanol–water partition coefficient (Wildman–Crippen LogP) is 1.57. The number of rotatable bonds is 0. The van der Waals surface area contributed by atoms with Crippen molar-refractivity contribution in [2.45, 2.75) is 26.3 Å². The molecule has 0 saturated carbocycles. The van der Waals surface area contributed by atoms with Crippen LogP contribution in [0.2, 0.25) is 0 Å². The fourth-order valence-electron chi connectivity index (χ4n) is 1.52. The second kappa shape index (κ2) is 2.26. The van der Waals surface area contributed by atoms with Gasteiger partial charge in [-0.25, -0.2) is 4.68 Å². The molecule has 0 saturated heterocycles. The van der Waals surface area contributed by atoms with Gasteiger partial charge in [0.05, 0.1) is 12.2 Å². The van der Waals surface area contributed by atoms with Crippen LogP contribution in [-0.4, -0.2) is 16.3 Å². The molecule has 1 aliphatic heterocycles. The maximum absolute atomic E-state index is 4.29. The van der Waals surface area contributed by atoms with E-state index >= 15 is 0 Å². The topological polar surface area (TPSA) is 29.9 Å². The molecule has 60 valence electrons. The molecule has 1 aromatic rings. The van der Waals surface area contributed by atoms with E-state index < -0.39 is 0 Å². The first-order valence-electron chi connectivity index (χ1n) is 4.07. The molecule has 3 nitrogen and oxygen atoms in total. The molecule has 1 N–H and O–H groups in total. The van der Waals surface area contributed by atoms with Gasteiger partial charge in [0.25, 0.3) is 0 Å². The Kier molecular flexibility index (Phi) is 1.37. The zero-order valence-electron chi connectivity index (χ0n) is 6.96. The van der Waals surface area contributed by atoms with Crippen LogP contribution in [0.1, 0.15) is 24.9 Å². The molecule has 0 aliphatic carbocycles. The molecule has 3 heteroatoms. The SMILES string of the molecule is Cc1cnn2c1NCCC2C. The lowest BCUT2D eigenvalue weighted by Gasteiger charge is -2.22. The minimum absolute atomic E-state index is 0.556. The molecule has 0 radical (unpaired) electrons. The third kappa shape index (κ3) is 0.914. The first kappa shape index (κ1) is 6.70. The van der Waals surface area contributed by atoms with E-state index in [1.807, 2.05) is 6.20 Å². The lowest BCUT2D eigenvalue weighted by molar-refractivity contribution is 0.453. The first-order chi connectivity index (χ1) is 5.29. The third-order valence-electron chi connectivity index (χ3n) is 2.25. The number of hydrogen-bond acceptors (Lipinski definition) is 2. The molecule has 0 bridgehead atoms. The van der Waals surface area contributed by atoms with Crippen LogP contribution in [0, 0.1) is 6.92 Å². The summed E-state index contributed by atoms with van der Waals surface area (Å²) in [5, 5.41) is 7.63. The first-order valence-corrected chi connectivity index (χ1v) is 4.07. The molecule has 2 rings (SSSR count). The van der Waals surface area contributed by atoms with E-state index in [9.17, 15) is 0 Å². The van der Waals surface area contributed by atoms with E-state index in [1.165, 1.54) is 17.8 Å². The van der Waals surface area contributed by atoms with Crippen molar-refractivity contribution in [2.24, 2.45) is 0 Å². The minimum Gasteiger partial charge on any atom is -0.370 e. The third-order valence-corrected chi connectivity index (χ3v) is 2.25. The quantitative estimate of drug-likeness (QED) is 0.610. The second-order valence-corrected chi connectivity index (χ2v) is 3.19. The molecule has 1 atom stereocenters. The maximum atomic E-state index is 4.29. The summed E-state index contributed by atoms with van der Waals surface area (Å²) >= 11 is 0. The summed E-state index contributed by atoms with van der Waals surface area (Å²) in [6.45, 7) is 5.37. The van der Waals surface area contributed by atoms with Crippen molar-refractivity contribution in [1.82, 2.24) is 9.78 Å². The fourth-order valence-corrected chi connectivity index (χ4v) is 1.52. The molecule has 1 aliphatic rings. The summed E-state index contributed by atoms with van der Waals surface area (Å²) in [7, 11) is 0. The van der Waals surface area contributed by atoms with Crippen molar-refractivity contribution in [2.75, 3.05) is 11.9 Å². The van der Waals surface area contributed by atoms with Crippen LogP contribution in [-0.2, 0) is 0 Å². The van der Waals surface area contributed by atoms with E-state index in [0.29, 0.717) is 6.04 Å². The van der Waals surface area contributed by atoms with Crippen molar-refractivity contribution in [3.05, 3.63) is 11.8 Å². The highest BCUT2D eigenvalue weighted by Gasteiger charge is 2.16. The number of aryl methyl sites for hydroxylation is 1. The molecule has 0 amide bonds. The summed E-state index contributed by atoms with van der Waals surface area (Å²) in [4.78, 5) is 0. The predicted molar refractivity (Wildman–Crippen MR) is 44.8 cm³/mol. The Labute approximate surface area is 66.4 Å². The average Bonchev–Trinajstić information content (AvgIpc) is 2.35. The molecule has 0 fully saturated rings. The Bertz CT molecular complexity index is 264. The lowest BCUT2D eigenvalue weighted by Crippen LogP contribution is -2.21. The zero-order valence-corrected chi connectivity index (χ0v) is 6.96. The zero-order chi connectivity index (χ0) is 7.84. The van der Waals surface area contributed by atoms with Gasteiger partial charge in [-0.1, -0.05) is 0 Å². The highest BCUT2D eigenvalue weighted by Crippen LogP contribution is 2.24. The van der Waals surface area contributed by atoms with Crippen molar-refractivity contribution >= 4 is 5.82 Å². The van der Waals surface area contributed by atoms with Crippen molar-refractivity contribution in [3.63, 3.8) is 0 Å². The van der Waals surface area contributed by atoms with Gasteiger partial charge in [-0.15, -0.1) is 0 Å². The summed E-state index contributed by atoms with van der Waals surface area (Å²) in [5.74, 6) is 1.20. The van der Waals surface area contributed by atoms with Gasteiger partial charge in [-0.05, 0) is 20.3 Å². The van der Waals surface area contributed by atoms with Crippen LogP contribution < -0.4 is 5.32 Å². The van der Waals surface area contributed by atoms with Crippen LogP contribution in [0.4, 0.5) is 5.82 Å². The van der Waals surface area contributed by atoms with E-state index in [1.54, 1.807) is 0 Å². The molecule has 0 spiro atoms. The normalized spacial score (nSPS) is 22.5. The van der Waals surface area contributed by atoms with Crippen molar-refractivity contribution in [3.8, 4) is 0 Å². The van der Waals surface area contributed by atoms with Gasteiger partial charge in [-0.2, -0.15) is 5.10 Å². The number of fused-ring (bicyclic) bond motifs is 1. The number of nitrogens with one attached hydrogen (secondary N) is 1. The van der Waals surface area contributed by atoms with Gasteiger partial charge < -0.3 is 5.32 Å². The molecule has 1 unspecified atom stereocenters. The Morgan fingerprint density at radius 1 is 1.73 bits per heavy atom. The Morgan fingerprint density at radius 2 is 2.55 bits per heavy atom. The number of anilines is 1. The van der Waals surface area contributed by atoms with Gasteiger partial charge in [0, 0.05) is 12.1 Å².